The Morgan fingerprint density at radius 1 is 0.867 bits per heavy atom. The van der Waals surface area contributed by atoms with Crippen molar-refractivity contribution in [3.63, 3.8) is 0 Å². The summed E-state index contributed by atoms with van der Waals surface area (Å²) in [6.45, 7) is 1.74. The fourth-order valence-electron chi connectivity index (χ4n) is 8.12. The summed E-state index contributed by atoms with van der Waals surface area (Å²) >= 11 is 0. The maximum Gasteiger partial charge on any atom is 0.269 e. The lowest BCUT2D eigenvalue weighted by Crippen LogP contribution is -2.49. The first-order chi connectivity index (χ1) is 21.6. The molecule has 4 amide bonds. The molecule has 0 bridgehead atoms. The summed E-state index contributed by atoms with van der Waals surface area (Å²) in [5.74, 6) is -5.30. The van der Waals surface area contributed by atoms with E-state index >= 15 is 0 Å². The summed E-state index contributed by atoms with van der Waals surface area (Å²) in [7, 11) is 1.46. The van der Waals surface area contributed by atoms with E-state index in [4.69, 9.17) is 4.74 Å². The van der Waals surface area contributed by atoms with Gasteiger partial charge in [-0.15, -0.1) is 0 Å². The van der Waals surface area contributed by atoms with Gasteiger partial charge in [0.25, 0.3) is 5.69 Å². The molecule has 228 valence electrons. The molecule has 45 heavy (non-hydrogen) atoms. The van der Waals surface area contributed by atoms with Gasteiger partial charge in [0.2, 0.25) is 23.6 Å². The number of nitro benzene ring substituents is 1. The standard InChI is InChI=1S/C34H29N3O8/c1-34-24(31(40)36(33(34)42)18-7-4-3-5-8-18)17-23-21(29(34)28-25(38)9-6-10-26(28)45-2)15-16-22-27(23)32(41)35(30(22)39)19-11-13-20(14-12-19)37(43)44/h3-15,22-24,27,29,38H,16-17H2,1-2H3. The number of aromatic hydroxyl groups is 1. The van der Waals surface area contributed by atoms with Crippen LogP contribution >= 0.6 is 0 Å². The van der Waals surface area contributed by atoms with Crippen molar-refractivity contribution in [2.24, 2.45) is 29.1 Å². The van der Waals surface area contributed by atoms with Gasteiger partial charge in [-0.1, -0.05) is 35.9 Å². The molecule has 0 radical (unpaired) electrons. The van der Waals surface area contributed by atoms with Crippen LogP contribution in [0.2, 0.25) is 0 Å². The van der Waals surface area contributed by atoms with Gasteiger partial charge in [-0.2, -0.15) is 0 Å². The fourth-order valence-corrected chi connectivity index (χ4v) is 8.12. The summed E-state index contributed by atoms with van der Waals surface area (Å²) < 4.78 is 5.68. The lowest BCUT2D eigenvalue weighted by atomic mass is 9.51. The van der Waals surface area contributed by atoms with Crippen LogP contribution in [0.5, 0.6) is 11.5 Å². The average molecular weight is 608 g/mol. The largest absolute Gasteiger partial charge is 0.508 e. The minimum Gasteiger partial charge on any atom is -0.508 e. The minimum atomic E-state index is -1.34. The van der Waals surface area contributed by atoms with E-state index in [0.717, 1.165) is 4.90 Å². The molecule has 11 nitrogen and oxygen atoms in total. The number of ether oxygens (including phenoxy) is 1. The van der Waals surface area contributed by atoms with Crippen LogP contribution in [-0.4, -0.2) is 40.8 Å². The molecule has 1 saturated carbocycles. The number of nitro groups is 1. The van der Waals surface area contributed by atoms with E-state index in [1.54, 1.807) is 49.4 Å². The monoisotopic (exact) mass is 607 g/mol. The number of carbonyl (C=O) groups excluding carboxylic acids is 4. The van der Waals surface area contributed by atoms with E-state index in [9.17, 15) is 34.4 Å². The van der Waals surface area contributed by atoms with Crippen LogP contribution < -0.4 is 14.5 Å². The van der Waals surface area contributed by atoms with Crippen molar-refractivity contribution >= 4 is 40.7 Å². The highest BCUT2D eigenvalue weighted by molar-refractivity contribution is 6.25. The van der Waals surface area contributed by atoms with Crippen LogP contribution in [0.25, 0.3) is 0 Å². The SMILES string of the molecule is COc1cccc(O)c1C1C2=CCC3C(=O)N(c4ccc([N+](=O)[O-])cc4)C(=O)C3C2CC2C(=O)N(c3ccccc3)C(=O)C21C. The Labute approximate surface area is 257 Å². The zero-order valence-corrected chi connectivity index (χ0v) is 24.5. The predicted octanol–water partition coefficient (Wildman–Crippen LogP) is 4.74. The molecule has 3 fully saturated rings. The quantitative estimate of drug-likeness (QED) is 0.189. The van der Waals surface area contributed by atoms with Gasteiger partial charge in [0.1, 0.15) is 11.5 Å². The Kier molecular flexibility index (Phi) is 6.40. The lowest BCUT2D eigenvalue weighted by Gasteiger charge is -2.49. The zero-order chi connectivity index (χ0) is 31.8. The Bertz CT molecular complexity index is 1820. The smallest absolute Gasteiger partial charge is 0.269 e. The number of phenolic OH excluding ortho intramolecular Hbond substituents is 1. The van der Waals surface area contributed by atoms with Crippen LogP contribution in [0, 0.1) is 39.2 Å². The van der Waals surface area contributed by atoms with Gasteiger partial charge in [0, 0.05) is 23.6 Å². The molecule has 3 aromatic rings. The molecule has 11 heteroatoms. The Hall–Kier alpha value is -5.32. The molecule has 2 aliphatic carbocycles. The van der Waals surface area contributed by atoms with Gasteiger partial charge in [-0.05, 0) is 62.1 Å². The number of rotatable bonds is 5. The van der Waals surface area contributed by atoms with Crippen molar-refractivity contribution < 1.29 is 33.9 Å². The highest BCUT2D eigenvalue weighted by atomic mass is 16.6. The number of imide groups is 2. The van der Waals surface area contributed by atoms with Gasteiger partial charge >= 0.3 is 0 Å². The molecule has 7 rings (SSSR count). The van der Waals surface area contributed by atoms with Gasteiger partial charge in [-0.3, -0.25) is 34.2 Å². The normalized spacial score (nSPS) is 28.8. The zero-order valence-electron chi connectivity index (χ0n) is 24.5. The van der Waals surface area contributed by atoms with E-state index in [2.05, 4.69) is 0 Å². The Morgan fingerprint density at radius 2 is 1.56 bits per heavy atom. The second-order valence-corrected chi connectivity index (χ2v) is 12.2. The summed E-state index contributed by atoms with van der Waals surface area (Å²) in [6.07, 6.45) is 2.25. The maximum absolute atomic E-state index is 14.5. The number of benzene rings is 3. The van der Waals surface area contributed by atoms with Crippen molar-refractivity contribution in [3.8, 4) is 11.5 Å². The number of anilines is 2. The second kappa shape index (κ2) is 10.1. The fraction of sp³-hybridized carbons (Fsp3) is 0.294. The number of para-hydroxylation sites is 1. The molecular formula is C34H29N3O8. The van der Waals surface area contributed by atoms with Gasteiger partial charge in [-0.25, -0.2) is 4.90 Å². The topological polar surface area (TPSA) is 147 Å². The van der Waals surface area contributed by atoms with Gasteiger partial charge in [0.05, 0.1) is 46.6 Å². The molecule has 3 aromatic carbocycles. The first kappa shape index (κ1) is 28.5. The van der Waals surface area contributed by atoms with Crippen LogP contribution in [0.1, 0.15) is 31.2 Å². The van der Waals surface area contributed by atoms with Crippen molar-refractivity contribution in [1.82, 2.24) is 0 Å². The van der Waals surface area contributed by atoms with Crippen LogP contribution in [-0.2, 0) is 19.2 Å². The first-order valence-electron chi connectivity index (χ1n) is 14.7. The molecule has 2 aliphatic heterocycles. The Morgan fingerprint density at radius 3 is 2.22 bits per heavy atom. The van der Waals surface area contributed by atoms with Crippen LogP contribution in [0.15, 0.2) is 84.4 Å². The minimum absolute atomic E-state index is 0.109. The number of amides is 4. The van der Waals surface area contributed by atoms with E-state index in [-0.39, 0.29) is 30.0 Å². The number of allylic oxidation sites excluding steroid dienone is 2. The van der Waals surface area contributed by atoms with Gasteiger partial charge in [0.15, 0.2) is 0 Å². The predicted molar refractivity (Wildman–Crippen MR) is 161 cm³/mol. The number of fused-ring (bicyclic) bond motifs is 4. The number of hydrogen-bond donors (Lipinski definition) is 1. The summed E-state index contributed by atoms with van der Waals surface area (Å²) in [5, 5.41) is 22.5. The molecule has 0 aromatic heterocycles. The van der Waals surface area contributed by atoms with Crippen molar-refractivity contribution in [3.05, 3.63) is 100 Å². The average Bonchev–Trinajstić information content (AvgIpc) is 3.41. The van der Waals surface area contributed by atoms with E-state index in [1.807, 2.05) is 6.08 Å². The molecule has 4 aliphatic rings. The molecule has 2 saturated heterocycles. The van der Waals surface area contributed by atoms with Gasteiger partial charge < -0.3 is 9.84 Å². The highest BCUT2D eigenvalue weighted by Gasteiger charge is 2.68. The van der Waals surface area contributed by atoms with E-state index in [1.165, 1.54) is 42.3 Å². The molecule has 6 unspecified atom stereocenters. The van der Waals surface area contributed by atoms with E-state index < -0.39 is 63.6 Å². The number of phenols is 1. The number of carbonyl (C=O) groups is 4. The third-order valence-electron chi connectivity index (χ3n) is 10.2. The van der Waals surface area contributed by atoms with Crippen molar-refractivity contribution in [2.75, 3.05) is 16.9 Å². The molecule has 2 heterocycles. The number of nitrogens with zero attached hydrogens (tertiary/aromatic N) is 3. The number of non-ortho nitro benzene ring substituents is 1. The van der Waals surface area contributed by atoms with Crippen LogP contribution in [0.4, 0.5) is 17.1 Å². The van der Waals surface area contributed by atoms with Crippen molar-refractivity contribution in [1.29, 1.82) is 0 Å². The molecular weight excluding hydrogens is 578 g/mol. The molecule has 6 atom stereocenters. The number of hydrogen-bond acceptors (Lipinski definition) is 8. The second-order valence-electron chi connectivity index (χ2n) is 12.2. The summed E-state index contributed by atoms with van der Waals surface area (Å²) in [6, 6.07) is 18.7. The molecule has 0 spiro atoms. The summed E-state index contributed by atoms with van der Waals surface area (Å²) in [4.78, 5) is 69.5. The first-order valence-corrected chi connectivity index (χ1v) is 14.7. The lowest BCUT2D eigenvalue weighted by molar-refractivity contribution is -0.384. The summed E-state index contributed by atoms with van der Waals surface area (Å²) in [5.41, 5.74) is 0.209. The number of methoxy groups -OCH3 is 1. The third kappa shape index (κ3) is 3.89. The highest BCUT2D eigenvalue weighted by Crippen LogP contribution is 2.65. The Balaban J connectivity index is 1.37. The molecule has 1 N–H and O–H groups in total. The maximum atomic E-state index is 14.5. The van der Waals surface area contributed by atoms with Crippen molar-refractivity contribution in [2.45, 2.75) is 25.7 Å². The van der Waals surface area contributed by atoms with Crippen LogP contribution in [0.3, 0.4) is 0 Å². The third-order valence-corrected chi connectivity index (χ3v) is 10.2. The van der Waals surface area contributed by atoms with E-state index in [0.29, 0.717) is 22.6 Å².